The van der Waals surface area contributed by atoms with Crippen molar-refractivity contribution in [2.45, 2.75) is 32.9 Å². The Morgan fingerprint density at radius 3 is 2.76 bits per heavy atom. The summed E-state index contributed by atoms with van der Waals surface area (Å²) in [5.41, 5.74) is 0.250. The van der Waals surface area contributed by atoms with Crippen molar-refractivity contribution in [2.75, 3.05) is 32.8 Å². The number of piperazine rings is 1. The van der Waals surface area contributed by atoms with Crippen LogP contribution >= 0.6 is 0 Å². The van der Waals surface area contributed by atoms with Crippen molar-refractivity contribution in [3.63, 3.8) is 0 Å². The summed E-state index contributed by atoms with van der Waals surface area (Å²) in [4.78, 5) is 16.4. The molecule has 0 aromatic heterocycles. The van der Waals surface area contributed by atoms with Gasteiger partial charge in [0.25, 0.3) is 0 Å². The number of hydrogen-bond acceptors (Lipinski definition) is 3. The minimum Gasteiger partial charge on any atom is -0.396 e. The van der Waals surface area contributed by atoms with Crippen LogP contribution in [0.3, 0.4) is 0 Å². The molecule has 1 aliphatic heterocycles. The molecule has 2 N–H and O–H groups in total. The van der Waals surface area contributed by atoms with E-state index in [-0.39, 0.29) is 30.8 Å². The average Bonchev–Trinajstić information content (AvgIpc) is 2.55. The number of urea groups is 1. The highest BCUT2D eigenvalue weighted by Gasteiger charge is 2.29. The monoisotopic (exact) mass is 355 g/mol. The first-order chi connectivity index (χ1) is 11.9. The zero-order valence-corrected chi connectivity index (χ0v) is 14.8. The summed E-state index contributed by atoms with van der Waals surface area (Å²) < 4.78 is 26.6. The number of hydrogen-bond donors (Lipinski definition) is 2. The van der Waals surface area contributed by atoms with Gasteiger partial charge in [-0.05, 0) is 18.4 Å². The number of amides is 2. The van der Waals surface area contributed by atoms with Crippen LogP contribution in [0.4, 0.5) is 13.6 Å². The van der Waals surface area contributed by atoms with Crippen LogP contribution in [0.25, 0.3) is 0 Å². The topological polar surface area (TPSA) is 55.8 Å². The smallest absolute Gasteiger partial charge is 0.317 e. The Morgan fingerprint density at radius 1 is 1.36 bits per heavy atom. The summed E-state index contributed by atoms with van der Waals surface area (Å²) >= 11 is 0. The Bertz CT molecular complexity index is 583. The summed E-state index contributed by atoms with van der Waals surface area (Å²) in [5, 5.41) is 12.0. The van der Waals surface area contributed by atoms with Crippen LogP contribution < -0.4 is 5.32 Å². The zero-order valence-electron chi connectivity index (χ0n) is 14.8. The first kappa shape index (κ1) is 19.6. The maximum absolute atomic E-state index is 13.6. The molecule has 0 unspecified atom stereocenters. The molecule has 1 saturated heterocycles. The molecule has 1 fully saturated rings. The Balaban J connectivity index is 1.91. The molecule has 0 radical (unpaired) electrons. The molecule has 0 saturated carbocycles. The van der Waals surface area contributed by atoms with E-state index in [1.165, 1.54) is 12.1 Å². The van der Waals surface area contributed by atoms with Crippen molar-refractivity contribution in [1.82, 2.24) is 15.1 Å². The molecule has 0 bridgehead atoms. The number of carbonyl (C=O) groups excluding carboxylic acids is 1. The number of benzene rings is 1. The van der Waals surface area contributed by atoms with Gasteiger partial charge in [-0.15, -0.1) is 0 Å². The molecule has 1 aliphatic rings. The molecule has 140 valence electrons. The standard InChI is InChI=1S/C18H27F2N3O2/c1-13(2)11-22-6-7-23(12-16(22)5-8-24)18(25)21-10-14-3-4-15(19)9-17(14)20/h3-4,9,13,16,24H,5-8,10-12H2,1-2H3,(H,21,25)/t16-/m0/s1. The highest BCUT2D eigenvalue weighted by molar-refractivity contribution is 5.74. The van der Waals surface area contributed by atoms with Crippen LogP contribution in [-0.2, 0) is 6.54 Å². The maximum Gasteiger partial charge on any atom is 0.317 e. The van der Waals surface area contributed by atoms with Crippen LogP contribution in [0.2, 0.25) is 0 Å². The van der Waals surface area contributed by atoms with Gasteiger partial charge in [-0.3, -0.25) is 4.90 Å². The Morgan fingerprint density at radius 2 is 2.12 bits per heavy atom. The maximum atomic E-state index is 13.6. The molecule has 1 aromatic rings. The summed E-state index contributed by atoms with van der Waals surface area (Å²) in [7, 11) is 0. The third-order valence-corrected chi connectivity index (χ3v) is 4.40. The molecule has 1 aromatic carbocycles. The van der Waals surface area contributed by atoms with Gasteiger partial charge in [0.2, 0.25) is 0 Å². The lowest BCUT2D eigenvalue weighted by Crippen LogP contribution is -2.57. The summed E-state index contributed by atoms with van der Waals surface area (Å²) in [5.74, 6) is -0.788. The Kier molecular flexibility index (Phi) is 7.13. The average molecular weight is 355 g/mol. The number of carbonyl (C=O) groups is 1. The van der Waals surface area contributed by atoms with Gasteiger partial charge in [0.05, 0.1) is 0 Å². The van der Waals surface area contributed by atoms with Crippen molar-refractivity contribution in [2.24, 2.45) is 5.92 Å². The lowest BCUT2D eigenvalue weighted by molar-refractivity contribution is 0.0654. The minimum atomic E-state index is -0.666. The lowest BCUT2D eigenvalue weighted by atomic mass is 10.1. The number of aliphatic hydroxyl groups excluding tert-OH is 1. The second kappa shape index (κ2) is 9.10. The predicted molar refractivity (Wildman–Crippen MR) is 92.1 cm³/mol. The molecule has 0 aliphatic carbocycles. The van der Waals surface area contributed by atoms with E-state index in [4.69, 9.17) is 0 Å². The van der Waals surface area contributed by atoms with E-state index in [9.17, 15) is 18.7 Å². The quantitative estimate of drug-likeness (QED) is 0.823. The highest BCUT2D eigenvalue weighted by Crippen LogP contribution is 2.15. The fraction of sp³-hybridized carbons (Fsp3) is 0.611. The lowest BCUT2D eigenvalue weighted by Gasteiger charge is -2.42. The third kappa shape index (κ3) is 5.64. The van der Waals surface area contributed by atoms with Gasteiger partial charge in [0.1, 0.15) is 11.6 Å². The van der Waals surface area contributed by atoms with Crippen LogP contribution in [-0.4, -0.2) is 59.8 Å². The molecular formula is C18H27F2N3O2. The second-order valence-electron chi connectivity index (χ2n) is 6.90. The van der Waals surface area contributed by atoms with Gasteiger partial charge >= 0.3 is 6.03 Å². The second-order valence-corrected chi connectivity index (χ2v) is 6.90. The van der Waals surface area contributed by atoms with E-state index in [1.54, 1.807) is 4.90 Å². The predicted octanol–water partition coefficient (Wildman–Crippen LogP) is 2.20. The number of rotatable bonds is 6. The molecule has 0 spiro atoms. The van der Waals surface area contributed by atoms with Crippen LogP contribution in [0, 0.1) is 17.6 Å². The van der Waals surface area contributed by atoms with Crippen molar-refractivity contribution in [1.29, 1.82) is 0 Å². The van der Waals surface area contributed by atoms with Crippen LogP contribution in [0.5, 0.6) is 0 Å². The van der Waals surface area contributed by atoms with E-state index in [2.05, 4.69) is 24.1 Å². The van der Waals surface area contributed by atoms with E-state index in [0.717, 1.165) is 19.2 Å². The third-order valence-electron chi connectivity index (χ3n) is 4.40. The molecule has 2 rings (SSSR count). The summed E-state index contributed by atoms with van der Waals surface area (Å²) in [6.07, 6.45) is 0.614. The van der Waals surface area contributed by atoms with Gasteiger partial charge in [-0.25, -0.2) is 13.6 Å². The molecule has 2 amide bonds. The highest BCUT2D eigenvalue weighted by atomic mass is 19.1. The van der Waals surface area contributed by atoms with Crippen LogP contribution in [0.1, 0.15) is 25.8 Å². The molecular weight excluding hydrogens is 328 g/mol. The van der Waals surface area contributed by atoms with Gasteiger partial charge in [0.15, 0.2) is 0 Å². The normalized spacial score (nSPS) is 18.6. The number of nitrogens with one attached hydrogen (secondary N) is 1. The van der Waals surface area contributed by atoms with Gasteiger partial charge < -0.3 is 15.3 Å². The van der Waals surface area contributed by atoms with Gasteiger partial charge in [-0.2, -0.15) is 0 Å². The van der Waals surface area contributed by atoms with E-state index >= 15 is 0 Å². The largest absolute Gasteiger partial charge is 0.396 e. The summed E-state index contributed by atoms with van der Waals surface area (Å²) in [6.45, 7) is 7.19. The molecule has 1 heterocycles. The van der Waals surface area contributed by atoms with Crippen molar-refractivity contribution in [3.8, 4) is 0 Å². The zero-order chi connectivity index (χ0) is 18.4. The summed E-state index contributed by atoms with van der Waals surface area (Å²) in [6, 6.07) is 3.17. The van der Waals surface area contributed by atoms with Crippen molar-refractivity contribution >= 4 is 6.03 Å². The Hall–Kier alpha value is -1.73. The molecule has 5 nitrogen and oxygen atoms in total. The molecule has 25 heavy (non-hydrogen) atoms. The van der Waals surface area contributed by atoms with Gasteiger partial charge in [0, 0.05) is 57.0 Å². The Labute approximate surface area is 147 Å². The van der Waals surface area contributed by atoms with Crippen LogP contribution in [0.15, 0.2) is 18.2 Å². The van der Waals surface area contributed by atoms with Crippen molar-refractivity contribution < 1.29 is 18.7 Å². The van der Waals surface area contributed by atoms with E-state index in [1.807, 2.05) is 0 Å². The number of halogens is 2. The number of nitrogens with zero attached hydrogens (tertiary/aromatic N) is 2. The fourth-order valence-electron chi connectivity index (χ4n) is 3.16. The minimum absolute atomic E-state index is 0.0157. The molecule has 7 heteroatoms. The van der Waals surface area contributed by atoms with Gasteiger partial charge in [-0.1, -0.05) is 19.9 Å². The first-order valence-corrected chi connectivity index (χ1v) is 8.72. The van der Waals surface area contributed by atoms with E-state index < -0.39 is 11.6 Å². The SMILES string of the molecule is CC(C)CN1CCN(C(=O)NCc2ccc(F)cc2F)C[C@@H]1CCO. The van der Waals surface area contributed by atoms with Crippen molar-refractivity contribution in [3.05, 3.63) is 35.4 Å². The fourth-order valence-corrected chi connectivity index (χ4v) is 3.16. The molecule has 1 atom stereocenters. The number of aliphatic hydroxyl groups is 1. The first-order valence-electron chi connectivity index (χ1n) is 8.72. The van der Waals surface area contributed by atoms with E-state index in [0.29, 0.717) is 25.4 Å².